The van der Waals surface area contributed by atoms with Crippen LogP contribution in [0.15, 0.2) is 0 Å². The molecule has 1 N–H and O–H groups in total. The molecule has 1 aliphatic heterocycles. The van der Waals surface area contributed by atoms with Crippen molar-refractivity contribution in [2.75, 3.05) is 13.7 Å². The van der Waals surface area contributed by atoms with Gasteiger partial charge in [-0.05, 0) is 28.1 Å². The molecule has 1 amide bonds. The lowest BCUT2D eigenvalue weighted by molar-refractivity contribution is 0.262. The van der Waals surface area contributed by atoms with Gasteiger partial charge < -0.3 is 10.1 Å². The van der Waals surface area contributed by atoms with Gasteiger partial charge in [0.15, 0.2) is 0 Å². The molecule has 1 rings (SSSR count). The van der Waals surface area contributed by atoms with Crippen LogP contribution in [0.5, 0.6) is 0 Å². The van der Waals surface area contributed by atoms with Crippen LogP contribution in [0.2, 0.25) is 0 Å². The van der Waals surface area contributed by atoms with E-state index in [1.165, 1.54) is 7.11 Å². The highest BCUT2D eigenvalue weighted by Gasteiger charge is 2.16. The van der Waals surface area contributed by atoms with Gasteiger partial charge in [0.1, 0.15) is 0 Å². The molecule has 0 saturated carbocycles. The molecular weight excluding hydrogens is 170 g/mol. The van der Waals surface area contributed by atoms with E-state index in [2.05, 4.69) is 5.32 Å². The number of thiocarbonyl (C=S) groups is 1. The Kier molecular flexibility index (Phi) is 2.39. The van der Waals surface area contributed by atoms with E-state index in [1.54, 1.807) is 0 Å². The van der Waals surface area contributed by atoms with E-state index in [0.717, 1.165) is 0 Å². The van der Waals surface area contributed by atoms with E-state index in [-0.39, 0.29) is 5.24 Å². The third-order valence-corrected chi connectivity index (χ3v) is 3.32. The zero-order valence-electron chi connectivity index (χ0n) is 5.42. The van der Waals surface area contributed by atoms with Gasteiger partial charge in [-0.2, -0.15) is 0 Å². The minimum absolute atomic E-state index is 0.0353. The molecule has 1 atom stereocenters. The molecule has 0 aromatic heterocycles. The predicted octanol–water partition coefficient (Wildman–Crippen LogP) is 0.712. The number of carbonyl (C=O) groups excluding carboxylic acids is 1. The van der Waals surface area contributed by atoms with Gasteiger partial charge in [0, 0.05) is 6.54 Å². The summed E-state index contributed by atoms with van der Waals surface area (Å²) in [5.41, 5.74) is 0. The maximum absolute atomic E-state index is 10.9. The molecule has 0 fully saturated rings. The lowest BCUT2D eigenvalue weighted by atomic mass is 10.8. The molecular formula is C5H7NO2S2. The molecule has 0 spiro atoms. The van der Waals surface area contributed by atoms with Crippen molar-refractivity contribution in [1.29, 1.82) is 0 Å². The fourth-order valence-corrected chi connectivity index (χ4v) is 2.13. The summed E-state index contributed by atoms with van der Waals surface area (Å²) in [4.78, 5) is 10.9. The summed E-state index contributed by atoms with van der Waals surface area (Å²) >= 11 is 4.79. The topological polar surface area (TPSA) is 38.3 Å². The van der Waals surface area contributed by atoms with Crippen LogP contribution >= 0.6 is 22.7 Å². The highest BCUT2D eigenvalue weighted by molar-refractivity contribution is 8.43. The third kappa shape index (κ3) is 1.35. The number of nitrogens with one attached hydrogen (secondary N) is 1. The molecule has 0 bridgehead atoms. The Balaban J connectivity index is 2.72. The van der Waals surface area contributed by atoms with E-state index in [4.69, 9.17) is 17.0 Å². The lowest BCUT2D eigenvalue weighted by Crippen LogP contribution is -2.14. The maximum Gasteiger partial charge on any atom is 0.281 e. The van der Waals surface area contributed by atoms with E-state index in [1.807, 2.05) is 5.37 Å². The Morgan fingerprint density at radius 1 is 2.00 bits per heavy atom. The number of carbonyl (C=O) groups is 1. The summed E-state index contributed by atoms with van der Waals surface area (Å²) in [7, 11) is 0.898. The van der Waals surface area contributed by atoms with Gasteiger partial charge in [-0.15, -0.1) is 0 Å². The normalized spacial score (nSPS) is 23.3. The molecule has 0 aliphatic carbocycles. The van der Waals surface area contributed by atoms with Crippen LogP contribution in [0.25, 0.3) is 0 Å². The minimum Gasteiger partial charge on any atom is -0.482 e. The average Bonchev–Trinajstić information content (AvgIpc) is 2.34. The van der Waals surface area contributed by atoms with Crippen LogP contribution in [-0.4, -0.2) is 28.6 Å². The standard InChI is InChI=1S/C5H7NO2S2/c1-8-5(9)10-3-2-6-4(10)7/h3H,2H2,1H3,(H,6,7). The van der Waals surface area contributed by atoms with Crippen LogP contribution in [-0.2, 0) is 4.74 Å². The Bertz CT molecular complexity index is 212. The zero-order valence-corrected chi connectivity index (χ0v) is 7.05. The summed E-state index contributed by atoms with van der Waals surface area (Å²) in [5.74, 6) is 0. The number of methoxy groups -OCH3 is 1. The molecule has 1 heterocycles. The van der Waals surface area contributed by atoms with Gasteiger partial charge in [-0.1, -0.05) is 0 Å². The third-order valence-electron chi connectivity index (χ3n) is 1.04. The van der Waals surface area contributed by atoms with Crippen LogP contribution < -0.4 is 5.32 Å². The molecule has 3 nitrogen and oxygen atoms in total. The van der Waals surface area contributed by atoms with Crippen molar-refractivity contribution in [3.63, 3.8) is 0 Å². The molecule has 0 aromatic rings. The first-order valence-corrected chi connectivity index (χ1v) is 4.37. The summed E-state index contributed by atoms with van der Waals surface area (Å²) in [6.45, 7) is 0.603. The predicted molar refractivity (Wildman–Crippen MR) is 46.7 cm³/mol. The smallest absolute Gasteiger partial charge is 0.281 e. The summed E-state index contributed by atoms with van der Waals surface area (Å²) in [6, 6.07) is 0. The molecule has 1 unspecified atom stereocenters. The highest BCUT2D eigenvalue weighted by atomic mass is 32.2. The summed E-state index contributed by atoms with van der Waals surface area (Å²) in [5, 5.41) is 4.43. The van der Waals surface area contributed by atoms with E-state index < -0.39 is 10.5 Å². The highest BCUT2D eigenvalue weighted by Crippen LogP contribution is 2.18. The maximum atomic E-state index is 10.9. The number of rotatable bonds is 0. The second-order valence-corrected chi connectivity index (χ2v) is 4.01. The fourth-order valence-electron chi connectivity index (χ4n) is 0.595. The lowest BCUT2D eigenvalue weighted by Gasteiger charge is -2.00. The van der Waals surface area contributed by atoms with Gasteiger partial charge in [0.2, 0.25) is 4.38 Å². The first-order valence-electron chi connectivity index (χ1n) is 2.68. The molecule has 5 heteroatoms. The molecule has 0 aromatic carbocycles. The van der Waals surface area contributed by atoms with Gasteiger partial charge in [0.25, 0.3) is 5.24 Å². The van der Waals surface area contributed by atoms with Crippen molar-refractivity contribution in [2.24, 2.45) is 0 Å². The van der Waals surface area contributed by atoms with Crippen molar-refractivity contribution < 1.29 is 9.53 Å². The van der Waals surface area contributed by atoms with Gasteiger partial charge in [0.05, 0.1) is 7.11 Å². The molecule has 56 valence electrons. The van der Waals surface area contributed by atoms with Crippen molar-refractivity contribution in [3.8, 4) is 0 Å². The first kappa shape index (κ1) is 7.68. The van der Waals surface area contributed by atoms with Gasteiger partial charge >= 0.3 is 0 Å². The molecule has 10 heavy (non-hydrogen) atoms. The second kappa shape index (κ2) is 3.12. The minimum atomic E-state index is -0.583. The van der Waals surface area contributed by atoms with Crippen LogP contribution in [0.4, 0.5) is 4.79 Å². The van der Waals surface area contributed by atoms with Crippen LogP contribution in [0.1, 0.15) is 0 Å². The molecule has 0 radical (unpaired) electrons. The molecule has 1 aliphatic rings. The van der Waals surface area contributed by atoms with Crippen molar-refractivity contribution in [1.82, 2.24) is 5.32 Å². The van der Waals surface area contributed by atoms with Crippen molar-refractivity contribution in [3.05, 3.63) is 0 Å². The quantitative estimate of drug-likeness (QED) is 0.554. The van der Waals surface area contributed by atoms with Crippen molar-refractivity contribution >= 4 is 37.7 Å². The Morgan fingerprint density at radius 2 is 2.70 bits per heavy atom. The Labute approximate surface area is 66.7 Å². The second-order valence-electron chi connectivity index (χ2n) is 1.63. The first-order chi connectivity index (χ1) is 4.75. The molecule has 0 saturated heterocycles. The van der Waals surface area contributed by atoms with E-state index >= 15 is 0 Å². The summed E-state index contributed by atoms with van der Waals surface area (Å²) in [6.07, 6.45) is 0. The van der Waals surface area contributed by atoms with E-state index in [0.29, 0.717) is 10.9 Å². The van der Waals surface area contributed by atoms with E-state index in [9.17, 15) is 4.79 Å². The van der Waals surface area contributed by atoms with Gasteiger partial charge in [-0.25, -0.2) is 0 Å². The number of amides is 1. The SMILES string of the molecule is COC(=S)S1=CCNC1=O. The largest absolute Gasteiger partial charge is 0.482 e. The average molecular weight is 177 g/mol. The monoisotopic (exact) mass is 177 g/mol. The number of hydrogen-bond acceptors (Lipinski definition) is 3. The zero-order chi connectivity index (χ0) is 7.56. The van der Waals surface area contributed by atoms with Crippen LogP contribution in [0, 0.1) is 0 Å². The van der Waals surface area contributed by atoms with Crippen molar-refractivity contribution in [2.45, 2.75) is 0 Å². The summed E-state index contributed by atoms with van der Waals surface area (Å²) < 4.78 is 5.13. The number of ether oxygens (including phenoxy) is 1. The van der Waals surface area contributed by atoms with Gasteiger partial charge in [-0.3, -0.25) is 4.79 Å². The Morgan fingerprint density at radius 3 is 3.10 bits per heavy atom. The fraction of sp³-hybridized carbons (Fsp3) is 0.400. The van der Waals surface area contributed by atoms with Crippen LogP contribution in [0.3, 0.4) is 0 Å². The number of hydrogen-bond donors (Lipinski definition) is 1. The Hall–Kier alpha value is -0.420.